The van der Waals surface area contributed by atoms with Gasteiger partial charge in [0.2, 0.25) is 0 Å². The van der Waals surface area contributed by atoms with Gasteiger partial charge in [-0.05, 0) is 54.6 Å². The van der Waals surface area contributed by atoms with Crippen LogP contribution in [0.15, 0.2) is 71.8 Å². The van der Waals surface area contributed by atoms with Crippen molar-refractivity contribution >= 4 is 38.8 Å². The van der Waals surface area contributed by atoms with Gasteiger partial charge >= 0.3 is 0 Å². The van der Waals surface area contributed by atoms with Crippen LogP contribution in [-0.4, -0.2) is 18.5 Å². The van der Waals surface area contributed by atoms with Crippen LogP contribution >= 0.6 is 11.6 Å². The molecular weight excluding hydrogens is 362 g/mol. The number of pyridine rings is 1. The van der Waals surface area contributed by atoms with Crippen molar-refractivity contribution in [2.75, 3.05) is 10.0 Å². The van der Waals surface area contributed by atoms with Crippen LogP contribution in [0, 0.1) is 0 Å². The molecule has 0 fully saturated rings. The van der Waals surface area contributed by atoms with E-state index in [-0.39, 0.29) is 16.3 Å². The first kappa shape index (κ1) is 17.1. The molecule has 0 atom stereocenters. The second-order valence-corrected chi connectivity index (χ2v) is 7.25. The average Bonchev–Trinajstić information content (AvgIpc) is 2.58. The Morgan fingerprint density at radius 1 is 1.00 bits per heavy atom. The summed E-state index contributed by atoms with van der Waals surface area (Å²) in [5.74, 6) is 0.465. The smallest absolute Gasteiger partial charge is 0.262 e. The molecule has 3 rings (SSSR count). The van der Waals surface area contributed by atoms with Crippen LogP contribution in [0.4, 0.5) is 17.2 Å². The predicted octanol–water partition coefficient (Wildman–Crippen LogP) is 3.99. The Morgan fingerprint density at radius 3 is 2.48 bits per heavy atom. The number of aromatic nitrogens is 1. The van der Waals surface area contributed by atoms with Crippen molar-refractivity contribution < 1.29 is 13.5 Å². The molecule has 0 aliphatic rings. The number of halogens is 1. The second kappa shape index (κ2) is 7.00. The summed E-state index contributed by atoms with van der Waals surface area (Å²) in [7, 11) is -3.81. The SMILES string of the molecule is O=S(=O)(Nc1cccnc1Nc1ccc(O)cc1)c1cccc(Cl)c1. The van der Waals surface area contributed by atoms with Crippen molar-refractivity contribution in [3.05, 3.63) is 71.9 Å². The number of phenolic OH excluding ortho intramolecular Hbond substituents is 1. The maximum atomic E-state index is 12.5. The van der Waals surface area contributed by atoms with Crippen molar-refractivity contribution in [3.8, 4) is 5.75 Å². The highest BCUT2D eigenvalue weighted by Crippen LogP contribution is 2.26. The Morgan fingerprint density at radius 2 is 1.76 bits per heavy atom. The minimum Gasteiger partial charge on any atom is -0.508 e. The van der Waals surface area contributed by atoms with E-state index in [0.29, 0.717) is 16.5 Å². The van der Waals surface area contributed by atoms with E-state index in [0.717, 1.165) is 0 Å². The second-order valence-electron chi connectivity index (χ2n) is 5.13. The van der Waals surface area contributed by atoms with E-state index in [9.17, 15) is 13.5 Å². The number of hydrogen-bond donors (Lipinski definition) is 3. The highest BCUT2D eigenvalue weighted by Gasteiger charge is 2.17. The first-order valence-corrected chi connectivity index (χ1v) is 9.10. The number of anilines is 3. The molecule has 3 aromatic rings. The van der Waals surface area contributed by atoms with Crippen LogP contribution in [0.25, 0.3) is 0 Å². The number of phenols is 1. The minimum absolute atomic E-state index is 0.0550. The summed E-state index contributed by atoms with van der Waals surface area (Å²) in [6, 6.07) is 15.5. The lowest BCUT2D eigenvalue weighted by molar-refractivity contribution is 0.475. The lowest BCUT2D eigenvalue weighted by Crippen LogP contribution is -2.14. The molecule has 0 bridgehead atoms. The van der Waals surface area contributed by atoms with E-state index < -0.39 is 10.0 Å². The number of hydrogen-bond acceptors (Lipinski definition) is 5. The van der Waals surface area contributed by atoms with Gasteiger partial charge in [-0.2, -0.15) is 0 Å². The van der Waals surface area contributed by atoms with Crippen LogP contribution < -0.4 is 10.0 Å². The van der Waals surface area contributed by atoms with Gasteiger partial charge in [0.1, 0.15) is 5.75 Å². The summed E-state index contributed by atoms with van der Waals surface area (Å²) < 4.78 is 27.6. The van der Waals surface area contributed by atoms with Gasteiger partial charge in [0.05, 0.1) is 10.6 Å². The van der Waals surface area contributed by atoms with Gasteiger partial charge < -0.3 is 10.4 Å². The number of rotatable bonds is 5. The van der Waals surface area contributed by atoms with Gasteiger partial charge in [0.25, 0.3) is 10.0 Å². The van der Waals surface area contributed by atoms with E-state index in [1.54, 1.807) is 42.6 Å². The van der Waals surface area contributed by atoms with Gasteiger partial charge in [-0.3, -0.25) is 4.72 Å². The van der Waals surface area contributed by atoms with Crippen LogP contribution in [0.5, 0.6) is 5.75 Å². The van der Waals surface area contributed by atoms with Crippen molar-refractivity contribution in [1.29, 1.82) is 0 Å². The van der Waals surface area contributed by atoms with Crippen LogP contribution in [0.2, 0.25) is 5.02 Å². The van der Waals surface area contributed by atoms with Gasteiger partial charge in [0, 0.05) is 16.9 Å². The third-order valence-electron chi connectivity index (χ3n) is 3.29. The number of benzene rings is 2. The Hall–Kier alpha value is -2.77. The van der Waals surface area contributed by atoms with E-state index in [1.165, 1.54) is 24.3 Å². The monoisotopic (exact) mass is 375 g/mol. The van der Waals surface area contributed by atoms with Crippen molar-refractivity contribution in [2.24, 2.45) is 0 Å². The molecule has 3 N–H and O–H groups in total. The molecule has 1 aromatic heterocycles. The van der Waals surface area contributed by atoms with E-state index in [2.05, 4.69) is 15.0 Å². The molecular formula is C17H14ClN3O3S. The zero-order valence-electron chi connectivity index (χ0n) is 12.8. The first-order valence-electron chi connectivity index (χ1n) is 7.23. The molecule has 0 saturated carbocycles. The molecule has 0 saturated heterocycles. The fourth-order valence-electron chi connectivity index (χ4n) is 2.11. The van der Waals surface area contributed by atoms with Crippen LogP contribution in [-0.2, 0) is 10.0 Å². The topological polar surface area (TPSA) is 91.3 Å². The Kier molecular flexibility index (Phi) is 4.78. The molecule has 1 heterocycles. The van der Waals surface area contributed by atoms with Crippen molar-refractivity contribution in [1.82, 2.24) is 4.98 Å². The maximum Gasteiger partial charge on any atom is 0.262 e. The van der Waals surface area contributed by atoms with Crippen LogP contribution in [0.1, 0.15) is 0 Å². The Labute approximate surface area is 150 Å². The largest absolute Gasteiger partial charge is 0.508 e. The summed E-state index contributed by atoms with van der Waals surface area (Å²) in [6.07, 6.45) is 1.54. The third-order valence-corrected chi connectivity index (χ3v) is 4.89. The normalized spacial score (nSPS) is 11.1. The predicted molar refractivity (Wildman–Crippen MR) is 97.9 cm³/mol. The summed E-state index contributed by atoms with van der Waals surface area (Å²) in [6.45, 7) is 0. The van der Waals surface area contributed by atoms with Crippen molar-refractivity contribution in [3.63, 3.8) is 0 Å². The summed E-state index contributed by atoms with van der Waals surface area (Å²) in [5, 5.41) is 12.7. The summed E-state index contributed by atoms with van der Waals surface area (Å²) in [5.41, 5.74) is 0.940. The molecule has 0 amide bonds. The van der Waals surface area contributed by atoms with Gasteiger partial charge in [-0.1, -0.05) is 17.7 Å². The third kappa shape index (κ3) is 4.20. The van der Waals surface area contributed by atoms with Crippen LogP contribution in [0.3, 0.4) is 0 Å². The maximum absolute atomic E-state index is 12.5. The zero-order chi connectivity index (χ0) is 17.9. The van der Waals surface area contributed by atoms with E-state index >= 15 is 0 Å². The van der Waals surface area contributed by atoms with Crippen molar-refractivity contribution in [2.45, 2.75) is 4.90 Å². The van der Waals surface area contributed by atoms with Gasteiger partial charge in [-0.25, -0.2) is 13.4 Å². The van der Waals surface area contributed by atoms with E-state index in [4.69, 9.17) is 11.6 Å². The molecule has 2 aromatic carbocycles. The van der Waals surface area contributed by atoms with Gasteiger partial charge in [0.15, 0.2) is 5.82 Å². The molecule has 8 heteroatoms. The standard InChI is InChI=1S/C17H14ClN3O3S/c18-12-3-1-4-15(11-12)25(23,24)21-16-5-2-10-19-17(16)20-13-6-8-14(22)9-7-13/h1-11,21-22H,(H,19,20). The number of aromatic hydroxyl groups is 1. The molecule has 0 aliphatic carbocycles. The van der Waals surface area contributed by atoms with E-state index in [1.807, 2.05) is 0 Å². The molecule has 0 spiro atoms. The molecule has 6 nitrogen and oxygen atoms in total. The summed E-state index contributed by atoms with van der Waals surface area (Å²) in [4.78, 5) is 4.22. The zero-order valence-corrected chi connectivity index (χ0v) is 14.4. The lowest BCUT2D eigenvalue weighted by Gasteiger charge is -2.13. The Balaban J connectivity index is 1.89. The molecule has 0 unspecified atom stereocenters. The highest BCUT2D eigenvalue weighted by atomic mass is 35.5. The fraction of sp³-hybridized carbons (Fsp3) is 0. The van der Waals surface area contributed by atoms with Gasteiger partial charge in [-0.15, -0.1) is 0 Å². The highest BCUT2D eigenvalue weighted by molar-refractivity contribution is 7.92. The molecule has 0 aliphatic heterocycles. The molecule has 25 heavy (non-hydrogen) atoms. The number of nitrogens with one attached hydrogen (secondary N) is 2. The molecule has 128 valence electrons. The Bertz CT molecular complexity index is 992. The lowest BCUT2D eigenvalue weighted by atomic mass is 10.3. The minimum atomic E-state index is -3.81. The molecule has 0 radical (unpaired) electrons. The first-order chi connectivity index (χ1) is 11.9. The number of nitrogens with zero attached hydrogens (tertiary/aromatic N) is 1. The average molecular weight is 376 g/mol. The summed E-state index contributed by atoms with van der Waals surface area (Å²) >= 11 is 5.87. The fourth-order valence-corrected chi connectivity index (χ4v) is 3.47. The number of sulfonamides is 1. The quantitative estimate of drug-likeness (QED) is 0.586.